The van der Waals surface area contributed by atoms with E-state index in [9.17, 15) is 9.18 Å². The smallest absolute Gasteiger partial charge is 0.216 e. The highest BCUT2D eigenvalue weighted by molar-refractivity contribution is 5.85. The van der Waals surface area contributed by atoms with Crippen LogP contribution in [-0.4, -0.2) is 44.5 Å². The van der Waals surface area contributed by atoms with Crippen LogP contribution in [-0.2, 0) is 20.7 Å². The van der Waals surface area contributed by atoms with Crippen molar-refractivity contribution in [3.05, 3.63) is 53.5 Å². The Hall–Kier alpha value is -3.29. The van der Waals surface area contributed by atoms with Gasteiger partial charge in [-0.25, -0.2) is 9.38 Å². The lowest BCUT2D eigenvalue weighted by Gasteiger charge is -2.10. The monoisotopic (exact) mass is 403 g/mol. The van der Waals surface area contributed by atoms with E-state index < -0.39 is 5.82 Å². The van der Waals surface area contributed by atoms with E-state index in [4.69, 9.17) is 14.2 Å². The minimum Gasteiger partial charge on any atom is -0.495 e. The molecule has 1 amide bonds. The summed E-state index contributed by atoms with van der Waals surface area (Å²) in [5, 5.41) is 3.61. The number of nitrogens with one attached hydrogen (secondary N) is 2. The molecule has 2 N–H and O–H groups in total. The van der Waals surface area contributed by atoms with Gasteiger partial charge in [-0.3, -0.25) is 4.79 Å². The van der Waals surface area contributed by atoms with Gasteiger partial charge in [-0.2, -0.15) is 0 Å². The number of allylic oxidation sites excluding steroid dienone is 3. The molecule has 0 unspecified atom stereocenters. The summed E-state index contributed by atoms with van der Waals surface area (Å²) in [7, 11) is 1.50. The lowest BCUT2D eigenvalue weighted by atomic mass is 10.1. The second-order valence-electron chi connectivity index (χ2n) is 6.22. The number of amides is 1. The molecule has 1 aromatic carbocycles. The van der Waals surface area contributed by atoms with Crippen LogP contribution in [0.15, 0.2) is 47.1 Å². The molecule has 7 nitrogen and oxygen atoms in total. The van der Waals surface area contributed by atoms with Gasteiger partial charge < -0.3 is 24.5 Å². The maximum atomic E-state index is 14.3. The zero-order valence-electron chi connectivity index (χ0n) is 16.9. The first-order chi connectivity index (χ1) is 13.9. The highest BCUT2D eigenvalue weighted by Gasteiger charge is 2.11. The zero-order chi connectivity index (χ0) is 21.2. The molecule has 1 heterocycles. The summed E-state index contributed by atoms with van der Waals surface area (Å²) in [6.45, 7) is 7.57. The molecule has 0 aliphatic rings. The lowest BCUT2D eigenvalue weighted by molar-refractivity contribution is -0.118. The van der Waals surface area contributed by atoms with E-state index in [0.29, 0.717) is 30.1 Å². The largest absolute Gasteiger partial charge is 0.495 e. The van der Waals surface area contributed by atoms with Gasteiger partial charge in [-0.05, 0) is 37.8 Å². The summed E-state index contributed by atoms with van der Waals surface area (Å²) >= 11 is 0. The quantitative estimate of drug-likeness (QED) is 0.260. The Kier molecular flexibility index (Phi) is 8.27. The van der Waals surface area contributed by atoms with E-state index in [1.165, 1.54) is 20.1 Å². The molecule has 0 spiro atoms. The standard InChI is InChI=1S/C21H26FN3O4/c1-14(5-6-21(23-3)27-4)28-9-10-29-20-11-17-16(7-8-24-15(2)26)13-25-19(17)12-18(20)22/h5-6,11-13,25H,3,7-10H2,1-2,4H3,(H,24,26)/b14-5+,21-6+. The molecule has 2 rings (SSSR count). The minimum absolute atomic E-state index is 0.0843. The van der Waals surface area contributed by atoms with Gasteiger partial charge in [0.1, 0.15) is 13.2 Å². The molecule has 0 radical (unpaired) electrons. The summed E-state index contributed by atoms with van der Waals surface area (Å²) in [6.07, 6.45) is 5.77. The Morgan fingerprint density at radius 2 is 2.10 bits per heavy atom. The van der Waals surface area contributed by atoms with Crippen molar-refractivity contribution in [3.63, 3.8) is 0 Å². The van der Waals surface area contributed by atoms with E-state index in [1.807, 2.05) is 6.20 Å². The molecule has 0 saturated heterocycles. The molecule has 8 heteroatoms. The zero-order valence-corrected chi connectivity index (χ0v) is 16.9. The number of methoxy groups -OCH3 is 1. The molecule has 0 aliphatic carbocycles. The van der Waals surface area contributed by atoms with Crippen LogP contribution >= 0.6 is 0 Å². The normalized spacial score (nSPS) is 12.0. The van der Waals surface area contributed by atoms with Crippen LogP contribution in [0.25, 0.3) is 10.9 Å². The molecule has 2 aromatic rings. The average molecular weight is 403 g/mol. The number of nitrogens with zero attached hydrogens (tertiary/aromatic N) is 1. The minimum atomic E-state index is -0.454. The highest BCUT2D eigenvalue weighted by atomic mass is 19.1. The number of benzene rings is 1. The second kappa shape index (κ2) is 10.9. The van der Waals surface area contributed by atoms with Gasteiger partial charge in [-0.15, -0.1) is 0 Å². The second-order valence-corrected chi connectivity index (χ2v) is 6.22. The van der Waals surface area contributed by atoms with Gasteiger partial charge in [0.25, 0.3) is 0 Å². The van der Waals surface area contributed by atoms with Gasteiger partial charge in [0, 0.05) is 42.7 Å². The number of carbonyl (C=O) groups is 1. The number of hydrogen-bond donors (Lipinski definition) is 2. The van der Waals surface area contributed by atoms with Gasteiger partial charge in [0.2, 0.25) is 11.8 Å². The molecule has 0 fully saturated rings. The molecule has 29 heavy (non-hydrogen) atoms. The van der Waals surface area contributed by atoms with Gasteiger partial charge >= 0.3 is 0 Å². The number of fused-ring (bicyclic) bond motifs is 1. The number of aliphatic imine (C=N–C) groups is 1. The Morgan fingerprint density at radius 3 is 2.79 bits per heavy atom. The fourth-order valence-corrected chi connectivity index (χ4v) is 2.65. The van der Waals surface area contributed by atoms with Crippen LogP contribution in [0.2, 0.25) is 0 Å². The number of hydrogen-bond acceptors (Lipinski definition) is 5. The molecule has 0 atom stereocenters. The van der Waals surface area contributed by atoms with Crippen LogP contribution in [0.4, 0.5) is 4.39 Å². The maximum absolute atomic E-state index is 14.3. The molecular weight excluding hydrogens is 377 g/mol. The first-order valence-electron chi connectivity index (χ1n) is 9.13. The number of H-pyrrole nitrogens is 1. The van der Waals surface area contributed by atoms with Crippen molar-refractivity contribution in [2.24, 2.45) is 4.99 Å². The third-order valence-corrected chi connectivity index (χ3v) is 4.08. The van der Waals surface area contributed by atoms with Gasteiger partial charge in [0.05, 0.1) is 12.9 Å². The predicted octanol–water partition coefficient (Wildman–Crippen LogP) is 3.47. The number of aromatic amines is 1. The number of ether oxygens (including phenoxy) is 3. The van der Waals surface area contributed by atoms with Crippen molar-refractivity contribution < 1.29 is 23.4 Å². The Balaban J connectivity index is 1.94. The SMILES string of the molecule is C=N/C(=C\C=C(/C)OCCOc1cc2c(CCNC(C)=O)c[nH]c2cc1F)OC. The van der Waals surface area contributed by atoms with Crippen molar-refractivity contribution in [3.8, 4) is 5.75 Å². The van der Waals surface area contributed by atoms with Crippen molar-refractivity contribution in [1.82, 2.24) is 10.3 Å². The molecular formula is C21H26FN3O4. The van der Waals surface area contributed by atoms with Gasteiger partial charge in [-0.1, -0.05) is 0 Å². The summed E-state index contributed by atoms with van der Waals surface area (Å²) in [6, 6.07) is 3.06. The predicted molar refractivity (Wildman–Crippen MR) is 110 cm³/mol. The highest BCUT2D eigenvalue weighted by Crippen LogP contribution is 2.27. The van der Waals surface area contributed by atoms with E-state index >= 15 is 0 Å². The molecule has 156 valence electrons. The summed E-state index contributed by atoms with van der Waals surface area (Å²) in [5.41, 5.74) is 1.66. The van der Waals surface area contributed by atoms with E-state index in [1.54, 1.807) is 25.1 Å². The van der Waals surface area contributed by atoms with E-state index in [0.717, 1.165) is 10.9 Å². The summed E-state index contributed by atoms with van der Waals surface area (Å²) in [5.74, 6) is 0.623. The Morgan fingerprint density at radius 1 is 1.31 bits per heavy atom. The molecule has 0 aliphatic heterocycles. The first kappa shape index (κ1) is 22.0. The number of halogens is 1. The van der Waals surface area contributed by atoms with E-state index in [-0.39, 0.29) is 24.9 Å². The van der Waals surface area contributed by atoms with Crippen LogP contribution in [0.1, 0.15) is 19.4 Å². The Bertz CT molecular complexity index is 918. The Labute approximate surface area is 169 Å². The third kappa shape index (κ3) is 6.67. The fourth-order valence-electron chi connectivity index (χ4n) is 2.65. The van der Waals surface area contributed by atoms with Gasteiger partial charge in [0.15, 0.2) is 11.6 Å². The van der Waals surface area contributed by atoms with Crippen LogP contribution in [0, 0.1) is 5.82 Å². The molecule has 1 aromatic heterocycles. The maximum Gasteiger partial charge on any atom is 0.216 e. The molecule has 0 bridgehead atoms. The van der Waals surface area contributed by atoms with Crippen molar-refractivity contribution in [2.75, 3.05) is 26.9 Å². The average Bonchev–Trinajstić information content (AvgIpc) is 3.07. The van der Waals surface area contributed by atoms with E-state index in [2.05, 4.69) is 22.0 Å². The lowest BCUT2D eigenvalue weighted by Crippen LogP contribution is -2.22. The molecule has 0 saturated carbocycles. The number of rotatable bonds is 11. The van der Waals surface area contributed by atoms with Crippen molar-refractivity contribution in [2.45, 2.75) is 20.3 Å². The van der Waals surface area contributed by atoms with Crippen LogP contribution < -0.4 is 10.1 Å². The third-order valence-electron chi connectivity index (χ3n) is 4.08. The summed E-state index contributed by atoms with van der Waals surface area (Å²) in [4.78, 5) is 17.7. The first-order valence-corrected chi connectivity index (χ1v) is 9.13. The van der Waals surface area contributed by atoms with Crippen molar-refractivity contribution >= 4 is 23.5 Å². The van der Waals surface area contributed by atoms with Crippen molar-refractivity contribution in [1.29, 1.82) is 0 Å². The number of carbonyl (C=O) groups excluding carboxylic acids is 1. The van der Waals surface area contributed by atoms with Crippen LogP contribution in [0.5, 0.6) is 5.75 Å². The topological polar surface area (TPSA) is 84.9 Å². The summed E-state index contributed by atoms with van der Waals surface area (Å²) < 4.78 is 30.3. The fraction of sp³-hybridized carbons (Fsp3) is 0.333. The van der Waals surface area contributed by atoms with Crippen LogP contribution in [0.3, 0.4) is 0 Å². The number of aromatic nitrogens is 1.